The van der Waals surface area contributed by atoms with Gasteiger partial charge in [-0.2, -0.15) is 0 Å². The normalized spacial score (nSPS) is 21.0. The third-order valence-corrected chi connectivity index (χ3v) is 5.29. The maximum absolute atomic E-state index is 4.74. The predicted molar refractivity (Wildman–Crippen MR) is 90.8 cm³/mol. The molecule has 3 aromatic rings. The fourth-order valence-electron chi connectivity index (χ4n) is 4.06. The van der Waals surface area contributed by atoms with E-state index in [0.717, 1.165) is 36.5 Å². The molecule has 5 heteroatoms. The predicted octanol–water partition coefficient (Wildman–Crippen LogP) is 3.09. The van der Waals surface area contributed by atoms with E-state index in [9.17, 15) is 0 Å². The zero-order chi connectivity index (χ0) is 15.2. The molecular formula is C18H21N5. The highest BCUT2D eigenvalue weighted by atomic mass is 15.3. The fraction of sp³-hybridized carbons (Fsp3) is 0.444. The number of aromatic amines is 1. The van der Waals surface area contributed by atoms with E-state index < -0.39 is 0 Å². The van der Waals surface area contributed by atoms with Crippen LogP contribution in [0.1, 0.15) is 36.7 Å². The minimum absolute atomic E-state index is 0.526. The molecular weight excluding hydrogens is 286 g/mol. The summed E-state index contributed by atoms with van der Waals surface area (Å²) in [6.07, 6.45) is 8.18. The maximum atomic E-state index is 4.74. The van der Waals surface area contributed by atoms with E-state index in [0.29, 0.717) is 6.04 Å². The van der Waals surface area contributed by atoms with Crippen molar-refractivity contribution in [2.75, 3.05) is 18.0 Å². The van der Waals surface area contributed by atoms with Gasteiger partial charge in [0.2, 0.25) is 5.95 Å². The topological polar surface area (TPSA) is 49.7 Å². The summed E-state index contributed by atoms with van der Waals surface area (Å²) < 4.78 is 2.44. The second-order valence-corrected chi connectivity index (χ2v) is 6.72. The first kappa shape index (κ1) is 13.2. The number of fused-ring (bicyclic) bond motifs is 2. The van der Waals surface area contributed by atoms with Crippen LogP contribution in [0.15, 0.2) is 30.6 Å². The molecule has 1 N–H and O–H groups in total. The summed E-state index contributed by atoms with van der Waals surface area (Å²) >= 11 is 0. The van der Waals surface area contributed by atoms with Gasteiger partial charge >= 0.3 is 0 Å². The number of nitrogens with zero attached hydrogens (tertiary/aromatic N) is 4. The third-order valence-electron chi connectivity index (χ3n) is 5.29. The lowest BCUT2D eigenvalue weighted by atomic mass is 10.0. The Balaban J connectivity index is 1.41. The second kappa shape index (κ2) is 5.11. The number of benzene rings is 1. The summed E-state index contributed by atoms with van der Waals surface area (Å²) in [5.74, 6) is 1.00. The van der Waals surface area contributed by atoms with Crippen molar-refractivity contribution in [1.82, 2.24) is 19.5 Å². The number of anilines is 1. The Bertz CT molecular complexity index is 813. The maximum Gasteiger partial charge on any atom is 0.203 e. The number of hydrogen-bond acceptors (Lipinski definition) is 3. The van der Waals surface area contributed by atoms with Crippen LogP contribution in [0, 0.1) is 0 Å². The lowest BCUT2D eigenvalue weighted by Gasteiger charge is -2.19. The van der Waals surface area contributed by atoms with Crippen LogP contribution in [0.4, 0.5) is 5.95 Å². The van der Waals surface area contributed by atoms with E-state index in [4.69, 9.17) is 4.98 Å². The van der Waals surface area contributed by atoms with Crippen LogP contribution in [0.25, 0.3) is 11.0 Å². The standard InChI is InChI=1S/C18H21N5/c1-2-6-15-14(5-1)20-18(21-15)22-10-9-13(11-22)23-12-19-16-7-3-4-8-17(16)23/h1-2,5-6,12-13H,3-4,7-11H2,(H,20,21)/t13-/m1/s1. The molecule has 1 aliphatic carbocycles. The van der Waals surface area contributed by atoms with Crippen molar-refractivity contribution in [2.45, 2.75) is 38.1 Å². The van der Waals surface area contributed by atoms with Gasteiger partial charge < -0.3 is 14.5 Å². The third kappa shape index (κ3) is 2.14. The largest absolute Gasteiger partial charge is 0.340 e. The molecule has 1 fully saturated rings. The van der Waals surface area contributed by atoms with Gasteiger partial charge in [0.25, 0.3) is 0 Å². The number of para-hydroxylation sites is 2. The summed E-state index contributed by atoms with van der Waals surface area (Å²) in [5.41, 5.74) is 4.98. The Morgan fingerprint density at radius 3 is 3.00 bits per heavy atom. The quantitative estimate of drug-likeness (QED) is 0.791. The van der Waals surface area contributed by atoms with Gasteiger partial charge in [-0.15, -0.1) is 0 Å². The smallest absolute Gasteiger partial charge is 0.203 e. The lowest BCUT2D eigenvalue weighted by Crippen LogP contribution is -2.22. The Kier molecular flexibility index (Phi) is 2.93. The highest BCUT2D eigenvalue weighted by molar-refractivity contribution is 5.77. The van der Waals surface area contributed by atoms with Crippen LogP contribution >= 0.6 is 0 Å². The van der Waals surface area contributed by atoms with Gasteiger partial charge in [0.05, 0.1) is 29.1 Å². The van der Waals surface area contributed by atoms with E-state index >= 15 is 0 Å². The van der Waals surface area contributed by atoms with Crippen LogP contribution in [0.2, 0.25) is 0 Å². The Morgan fingerprint density at radius 1 is 1.13 bits per heavy atom. The van der Waals surface area contributed by atoms with Gasteiger partial charge in [-0.1, -0.05) is 12.1 Å². The average molecular weight is 307 g/mol. The van der Waals surface area contributed by atoms with Gasteiger partial charge in [0, 0.05) is 18.8 Å². The van der Waals surface area contributed by atoms with Gasteiger partial charge in [-0.05, 0) is 44.2 Å². The molecule has 2 aromatic heterocycles. The van der Waals surface area contributed by atoms with Crippen LogP contribution in [-0.2, 0) is 12.8 Å². The fourth-order valence-corrected chi connectivity index (χ4v) is 4.06. The summed E-state index contributed by atoms with van der Waals surface area (Å²) in [7, 11) is 0. The first-order valence-electron chi connectivity index (χ1n) is 8.63. The molecule has 1 saturated heterocycles. The minimum atomic E-state index is 0.526. The highest BCUT2D eigenvalue weighted by Gasteiger charge is 2.28. The summed E-state index contributed by atoms with van der Waals surface area (Å²) in [6.45, 7) is 2.07. The highest BCUT2D eigenvalue weighted by Crippen LogP contribution is 2.30. The average Bonchev–Trinajstić information content (AvgIpc) is 3.31. The zero-order valence-electron chi connectivity index (χ0n) is 13.2. The van der Waals surface area contributed by atoms with E-state index in [-0.39, 0.29) is 0 Å². The number of hydrogen-bond donors (Lipinski definition) is 1. The Labute approximate surface area is 135 Å². The molecule has 5 rings (SSSR count). The minimum Gasteiger partial charge on any atom is -0.340 e. The van der Waals surface area contributed by atoms with Crippen LogP contribution in [-0.4, -0.2) is 32.6 Å². The number of aryl methyl sites for hydroxylation is 1. The molecule has 1 atom stereocenters. The van der Waals surface area contributed by atoms with Gasteiger partial charge in [0.1, 0.15) is 0 Å². The molecule has 5 nitrogen and oxygen atoms in total. The van der Waals surface area contributed by atoms with Gasteiger partial charge in [-0.25, -0.2) is 9.97 Å². The molecule has 0 radical (unpaired) electrons. The molecule has 1 aromatic carbocycles. The molecule has 0 bridgehead atoms. The van der Waals surface area contributed by atoms with E-state index in [2.05, 4.69) is 44.0 Å². The van der Waals surface area contributed by atoms with Crippen molar-refractivity contribution in [3.8, 4) is 0 Å². The Hall–Kier alpha value is -2.30. The molecule has 1 aliphatic heterocycles. The molecule has 2 aliphatic rings. The summed E-state index contributed by atoms with van der Waals surface area (Å²) in [4.78, 5) is 15.2. The van der Waals surface area contributed by atoms with Gasteiger partial charge in [0.15, 0.2) is 0 Å². The molecule has 0 spiro atoms. The van der Waals surface area contributed by atoms with Crippen molar-refractivity contribution in [3.05, 3.63) is 42.0 Å². The monoisotopic (exact) mass is 307 g/mol. The lowest BCUT2D eigenvalue weighted by molar-refractivity contribution is 0.514. The van der Waals surface area contributed by atoms with Gasteiger partial charge in [-0.3, -0.25) is 0 Å². The molecule has 23 heavy (non-hydrogen) atoms. The van der Waals surface area contributed by atoms with Crippen LogP contribution < -0.4 is 4.90 Å². The Morgan fingerprint density at radius 2 is 2.04 bits per heavy atom. The van der Waals surface area contributed by atoms with Crippen molar-refractivity contribution in [1.29, 1.82) is 0 Å². The van der Waals surface area contributed by atoms with Crippen molar-refractivity contribution in [2.24, 2.45) is 0 Å². The first-order chi connectivity index (χ1) is 11.4. The number of rotatable bonds is 2. The zero-order valence-corrected chi connectivity index (χ0v) is 13.2. The molecule has 0 unspecified atom stereocenters. The molecule has 0 saturated carbocycles. The van der Waals surface area contributed by atoms with E-state index in [1.54, 1.807) is 0 Å². The number of imidazole rings is 2. The SMILES string of the molecule is c1ccc2[nH]c(N3CC[C@@H](n4cnc5c4CCCC5)C3)nc2c1. The van der Waals surface area contributed by atoms with Crippen LogP contribution in [0.3, 0.4) is 0 Å². The first-order valence-corrected chi connectivity index (χ1v) is 8.63. The molecule has 3 heterocycles. The molecule has 118 valence electrons. The number of H-pyrrole nitrogens is 1. The van der Waals surface area contributed by atoms with E-state index in [1.807, 2.05) is 6.07 Å². The van der Waals surface area contributed by atoms with E-state index in [1.165, 1.54) is 37.1 Å². The van der Waals surface area contributed by atoms with Crippen LogP contribution in [0.5, 0.6) is 0 Å². The summed E-state index contributed by atoms with van der Waals surface area (Å²) in [5, 5.41) is 0. The van der Waals surface area contributed by atoms with Crippen molar-refractivity contribution < 1.29 is 0 Å². The number of nitrogens with one attached hydrogen (secondary N) is 1. The van der Waals surface area contributed by atoms with Crippen molar-refractivity contribution in [3.63, 3.8) is 0 Å². The second-order valence-electron chi connectivity index (χ2n) is 6.72. The summed E-state index contributed by atoms with van der Waals surface area (Å²) in [6, 6.07) is 8.77. The number of aromatic nitrogens is 4. The van der Waals surface area contributed by atoms with Crippen molar-refractivity contribution >= 4 is 17.0 Å². The molecule has 0 amide bonds.